The fourth-order valence-corrected chi connectivity index (χ4v) is 3.63. The Morgan fingerprint density at radius 1 is 0.882 bits per heavy atom. The molecule has 2 fully saturated rings. The van der Waals surface area contributed by atoms with Crippen molar-refractivity contribution in [2.45, 2.75) is 63.8 Å². The van der Waals surface area contributed by atoms with Crippen LogP contribution in [0.3, 0.4) is 0 Å². The van der Waals surface area contributed by atoms with Crippen LogP contribution in [0.15, 0.2) is 0 Å². The quantitative estimate of drug-likeness (QED) is 0.760. The minimum atomic E-state index is 0.778. The first-order valence-corrected chi connectivity index (χ1v) is 7.80. The highest BCUT2D eigenvalue weighted by Gasteiger charge is 2.24. The molecular weight excluding hydrogens is 208 g/mol. The molecule has 100 valence electrons. The van der Waals surface area contributed by atoms with E-state index in [0.29, 0.717) is 0 Å². The minimum Gasteiger partial charge on any atom is -0.317 e. The first kappa shape index (κ1) is 13.4. The third-order valence-corrected chi connectivity index (χ3v) is 4.72. The first-order chi connectivity index (χ1) is 8.40. The van der Waals surface area contributed by atoms with Gasteiger partial charge in [0.2, 0.25) is 0 Å². The molecule has 1 heterocycles. The summed E-state index contributed by atoms with van der Waals surface area (Å²) in [7, 11) is 2.16. The van der Waals surface area contributed by atoms with Gasteiger partial charge >= 0.3 is 0 Å². The molecule has 1 aliphatic carbocycles. The maximum Gasteiger partial charge on any atom is 0.0104 e. The summed E-state index contributed by atoms with van der Waals surface area (Å²) in [5.74, 6) is 0.903. The van der Waals surface area contributed by atoms with E-state index in [0.717, 1.165) is 12.0 Å². The van der Waals surface area contributed by atoms with Crippen molar-refractivity contribution in [1.82, 2.24) is 10.2 Å². The summed E-state index contributed by atoms with van der Waals surface area (Å²) in [6.45, 7) is 4.06. The Labute approximate surface area is 107 Å². The topological polar surface area (TPSA) is 15.3 Å². The predicted octanol–water partition coefficient (Wildman–Crippen LogP) is 3.03. The normalized spacial score (nSPS) is 33.0. The molecule has 2 aliphatic rings. The van der Waals surface area contributed by atoms with Gasteiger partial charge < -0.3 is 10.2 Å². The van der Waals surface area contributed by atoms with Gasteiger partial charge in [-0.15, -0.1) is 0 Å². The second-order valence-electron chi connectivity index (χ2n) is 6.01. The highest BCUT2D eigenvalue weighted by atomic mass is 15.1. The lowest BCUT2D eigenvalue weighted by Crippen LogP contribution is -2.40. The van der Waals surface area contributed by atoms with E-state index < -0.39 is 0 Å². The zero-order chi connectivity index (χ0) is 11.9. The van der Waals surface area contributed by atoms with Crippen LogP contribution < -0.4 is 5.32 Å². The van der Waals surface area contributed by atoms with E-state index in [1.807, 2.05) is 0 Å². The molecule has 1 N–H and O–H groups in total. The Morgan fingerprint density at radius 2 is 1.53 bits per heavy atom. The van der Waals surface area contributed by atoms with E-state index >= 15 is 0 Å². The molecule has 0 amide bonds. The lowest BCUT2D eigenvalue weighted by molar-refractivity contribution is 0.202. The lowest BCUT2D eigenvalue weighted by Gasteiger charge is -2.30. The van der Waals surface area contributed by atoms with Gasteiger partial charge in [-0.1, -0.05) is 32.1 Å². The Morgan fingerprint density at radius 3 is 2.24 bits per heavy atom. The molecule has 2 atom stereocenters. The highest BCUT2D eigenvalue weighted by Crippen LogP contribution is 2.25. The van der Waals surface area contributed by atoms with Crippen molar-refractivity contribution in [3.05, 3.63) is 0 Å². The molecule has 0 aromatic heterocycles. The van der Waals surface area contributed by atoms with Crippen molar-refractivity contribution >= 4 is 0 Å². The van der Waals surface area contributed by atoms with Crippen molar-refractivity contribution in [2.24, 2.45) is 5.92 Å². The van der Waals surface area contributed by atoms with Crippen molar-refractivity contribution in [3.8, 4) is 0 Å². The fourth-order valence-electron chi connectivity index (χ4n) is 3.63. The second kappa shape index (κ2) is 7.38. The van der Waals surface area contributed by atoms with Crippen LogP contribution in [0.25, 0.3) is 0 Å². The summed E-state index contributed by atoms with van der Waals surface area (Å²) in [4.78, 5) is 2.74. The zero-order valence-electron chi connectivity index (χ0n) is 11.6. The molecular formula is C15H30N2. The predicted molar refractivity (Wildman–Crippen MR) is 74.3 cm³/mol. The molecule has 0 bridgehead atoms. The van der Waals surface area contributed by atoms with Gasteiger partial charge in [0.25, 0.3) is 0 Å². The molecule has 1 saturated carbocycles. The van der Waals surface area contributed by atoms with Gasteiger partial charge in [0, 0.05) is 12.6 Å². The SMILES string of the molecule is CNC1CCCCCC1CN1CCCCCC1. The van der Waals surface area contributed by atoms with Crippen LogP contribution in [-0.2, 0) is 0 Å². The zero-order valence-corrected chi connectivity index (χ0v) is 11.6. The largest absolute Gasteiger partial charge is 0.317 e. The maximum atomic E-state index is 3.57. The summed E-state index contributed by atoms with van der Waals surface area (Å²) in [6, 6.07) is 0.778. The van der Waals surface area contributed by atoms with Crippen molar-refractivity contribution < 1.29 is 0 Å². The van der Waals surface area contributed by atoms with Gasteiger partial charge in [0.15, 0.2) is 0 Å². The number of hydrogen-bond donors (Lipinski definition) is 1. The second-order valence-corrected chi connectivity index (χ2v) is 6.01. The molecule has 0 aromatic carbocycles. The molecule has 2 nitrogen and oxygen atoms in total. The summed E-state index contributed by atoms with van der Waals surface area (Å²) < 4.78 is 0. The molecule has 0 aromatic rings. The third-order valence-electron chi connectivity index (χ3n) is 4.72. The molecule has 1 aliphatic heterocycles. The Bertz CT molecular complexity index is 197. The Balaban J connectivity index is 1.84. The molecule has 2 rings (SSSR count). The van der Waals surface area contributed by atoms with E-state index in [4.69, 9.17) is 0 Å². The fraction of sp³-hybridized carbons (Fsp3) is 1.00. The summed E-state index contributed by atoms with van der Waals surface area (Å²) in [6.07, 6.45) is 12.9. The number of rotatable bonds is 3. The molecule has 1 saturated heterocycles. The van der Waals surface area contributed by atoms with Crippen molar-refractivity contribution in [1.29, 1.82) is 0 Å². The molecule has 0 spiro atoms. The summed E-state index contributed by atoms with van der Waals surface area (Å²) >= 11 is 0. The lowest BCUT2D eigenvalue weighted by atomic mass is 9.94. The smallest absolute Gasteiger partial charge is 0.0104 e. The minimum absolute atomic E-state index is 0.778. The van der Waals surface area contributed by atoms with Gasteiger partial charge in [-0.25, -0.2) is 0 Å². The van der Waals surface area contributed by atoms with E-state index in [9.17, 15) is 0 Å². The number of hydrogen-bond acceptors (Lipinski definition) is 2. The molecule has 2 unspecified atom stereocenters. The maximum absolute atomic E-state index is 3.57. The van der Waals surface area contributed by atoms with Crippen molar-refractivity contribution in [3.63, 3.8) is 0 Å². The highest BCUT2D eigenvalue weighted by molar-refractivity contribution is 4.81. The first-order valence-electron chi connectivity index (χ1n) is 7.80. The summed E-state index contributed by atoms with van der Waals surface area (Å²) in [5.41, 5.74) is 0. The van der Waals surface area contributed by atoms with Gasteiger partial charge in [-0.05, 0) is 51.7 Å². The molecule has 2 heteroatoms. The number of likely N-dealkylation sites (tertiary alicyclic amines) is 1. The van der Waals surface area contributed by atoms with Crippen LogP contribution in [0, 0.1) is 5.92 Å². The van der Waals surface area contributed by atoms with Crippen LogP contribution in [-0.4, -0.2) is 37.6 Å². The number of nitrogens with zero attached hydrogens (tertiary/aromatic N) is 1. The van der Waals surface area contributed by atoms with E-state index in [1.165, 1.54) is 77.4 Å². The van der Waals surface area contributed by atoms with Gasteiger partial charge in [0.05, 0.1) is 0 Å². The van der Waals surface area contributed by atoms with E-state index in [2.05, 4.69) is 17.3 Å². The van der Waals surface area contributed by atoms with Crippen LogP contribution in [0.4, 0.5) is 0 Å². The van der Waals surface area contributed by atoms with Gasteiger partial charge in [-0.2, -0.15) is 0 Å². The van der Waals surface area contributed by atoms with E-state index in [-0.39, 0.29) is 0 Å². The molecule has 0 radical (unpaired) electrons. The van der Waals surface area contributed by atoms with Crippen LogP contribution in [0.5, 0.6) is 0 Å². The average Bonchev–Trinajstić information content (AvgIpc) is 2.72. The molecule has 17 heavy (non-hydrogen) atoms. The van der Waals surface area contributed by atoms with Gasteiger partial charge in [-0.3, -0.25) is 0 Å². The van der Waals surface area contributed by atoms with Crippen LogP contribution in [0.2, 0.25) is 0 Å². The van der Waals surface area contributed by atoms with Crippen LogP contribution in [0.1, 0.15) is 57.8 Å². The van der Waals surface area contributed by atoms with Crippen LogP contribution >= 0.6 is 0 Å². The third kappa shape index (κ3) is 4.26. The number of nitrogens with one attached hydrogen (secondary N) is 1. The average molecular weight is 238 g/mol. The summed E-state index contributed by atoms with van der Waals surface area (Å²) in [5, 5.41) is 3.57. The van der Waals surface area contributed by atoms with Gasteiger partial charge in [0.1, 0.15) is 0 Å². The Kier molecular flexibility index (Phi) is 5.79. The van der Waals surface area contributed by atoms with Crippen molar-refractivity contribution in [2.75, 3.05) is 26.7 Å². The monoisotopic (exact) mass is 238 g/mol. The standard InChI is InChI=1S/C15H30N2/c1-16-15-10-6-4-5-9-14(15)13-17-11-7-2-3-8-12-17/h14-16H,2-13H2,1H3. The Hall–Kier alpha value is -0.0800. The van der Waals surface area contributed by atoms with E-state index in [1.54, 1.807) is 0 Å².